The number of nitrogens with two attached hydrogens (primary N) is 2. The zero-order valence-electron chi connectivity index (χ0n) is 8.68. The molecule has 0 rings (SSSR count). The third-order valence-electron chi connectivity index (χ3n) is 2.48. The van der Waals surface area contributed by atoms with Crippen LogP contribution in [0.4, 0.5) is 0 Å². The van der Waals surface area contributed by atoms with Crippen LogP contribution in [0.5, 0.6) is 0 Å². The first kappa shape index (κ1) is 12.4. The van der Waals surface area contributed by atoms with E-state index >= 15 is 0 Å². The van der Waals surface area contributed by atoms with Crippen LogP contribution in [0.15, 0.2) is 0 Å². The maximum Gasteiger partial charge on any atom is 0.217 e. The van der Waals surface area contributed by atoms with E-state index in [2.05, 4.69) is 13.3 Å². The molecule has 0 aliphatic carbocycles. The lowest BCUT2D eigenvalue weighted by Gasteiger charge is -2.26. The van der Waals surface area contributed by atoms with Gasteiger partial charge in [0, 0.05) is 6.42 Å². The van der Waals surface area contributed by atoms with Gasteiger partial charge in [0.2, 0.25) is 5.91 Å². The van der Waals surface area contributed by atoms with Crippen molar-refractivity contribution in [2.75, 3.05) is 6.54 Å². The molecule has 0 saturated heterocycles. The predicted octanol–water partition coefficient (Wildman–Crippen LogP) is 1.22. The van der Waals surface area contributed by atoms with Gasteiger partial charge < -0.3 is 11.5 Å². The summed E-state index contributed by atoms with van der Waals surface area (Å²) in [7, 11) is 0. The van der Waals surface area contributed by atoms with Crippen molar-refractivity contribution in [2.24, 2.45) is 16.9 Å². The Balaban J connectivity index is 3.88. The van der Waals surface area contributed by atoms with Crippen molar-refractivity contribution in [3.8, 4) is 0 Å². The van der Waals surface area contributed by atoms with E-state index in [-0.39, 0.29) is 11.3 Å². The molecule has 0 aromatic carbocycles. The minimum absolute atomic E-state index is 0.0407. The van der Waals surface area contributed by atoms with Crippen molar-refractivity contribution < 1.29 is 4.79 Å². The maximum atomic E-state index is 10.8. The average molecular weight is 185 g/mol. The van der Waals surface area contributed by atoms with E-state index in [1.807, 2.05) is 6.92 Å². The highest BCUT2D eigenvalue weighted by atomic mass is 16.1. The molecule has 77 valence electrons. The first-order chi connectivity index (χ1) is 6.04. The lowest BCUT2D eigenvalue weighted by atomic mass is 9.79. The average Bonchev–Trinajstić information content (AvgIpc) is 2.04. The van der Waals surface area contributed by atoms with Crippen LogP contribution in [-0.2, 0) is 4.79 Å². The van der Waals surface area contributed by atoms with Crippen molar-refractivity contribution in [3.05, 3.63) is 6.42 Å². The van der Waals surface area contributed by atoms with Gasteiger partial charge in [0.15, 0.2) is 0 Å². The zero-order valence-corrected chi connectivity index (χ0v) is 8.68. The quantitative estimate of drug-likeness (QED) is 0.585. The normalized spacial score (nSPS) is 15.3. The molecule has 0 spiro atoms. The molecule has 0 aliphatic rings. The standard InChI is InChI=1S/C10H21N2O/c1-3-10(2,8-9(12)13)6-4-5-7-11/h3H,4-8,11H2,1-2H3,(H2,12,13). The highest BCUT2D eigenvalue weighted by Gasteiger charge is 2.23. The van der Waals surface area contributed by atoms with Crippen molar-refractivity contribution >= 4 is 5.91 Å². The first-order valence-electron chi connectivity index (χ1n) is 4.83. The Hall–Kier alpha value is -0.570. The number of primary amides is 1. The summed E-state index contributed by atoms with van der Waals surface area (Å²) in [6, 6.07) is 0. The van der Waals surface area contributed by atoms with Crippen molar-refractivity contribution in [2.45, 2.75) is 39.5 Å². The van der Waals surface area contributed by atoms with Crippen molar-refractivity contribution in [1.29, 1.82) is 0 Å². The molecule has 1 atom stereocenters. The Bertz CT molecular complexity index is 159. The fraction of sp³-hybridized carbons (Fsp3) is 0.800. The summed E-state index contributed by atoms with van der Waals surface area (Å²) in [6.07, 6.45) is 5.57. The van der Waals surface area contributed by atoms with Gasteiger partial charge in [0.1, 0.15) is 0 Å². The van der Waals surface area contributed by atoms with E-state index < -0.39 is 0 Å². The summed E-state index contributed by atoms with van der Waals surface area (Å²) in [5.74, 6) is -0.228. The van der Waals surface area contributed by atoms with Gasteiger partial charge in [0.05, 0.1) is 0 Å². The molecule has 0 aromatic heterocycles. The van der Waals surface area contributed by atoms with Crippen LogP contribution in [0, 0.1) is 11.8 Å². The zero-order chi connectivity index (χ0) is 10.3. The van der Waals surface area contributed by atoms with Crippen LogP contribution >= 0.6 is 0 Å². The van der Waals surface area contributed by atoms with E-state index in [1.165, 1.54) is 0 Å². The smallest absolute Gasteiger partial charge is 0.217 e. The van der Waals surface area contributed by atoms with Crippen molar-refractivity contribution in [3.63, 3.8) is 0 Å². The highest BCUT2D eigenvalue weighted by Crippen LogP contribution is 2.30. The van der Waals surface area contributed by atoms with Crippen LogP contribution < -0.4 is 11.5 Å². The molecule has 1 unspecified atom stereocenters. The predicted molar refractivity (Wildman–Crippen MR) is 54.8 cm³/mol. The highest BCUT2D eigenvalue weighted by molar-refractivity contribution is 5.74. The topological polar surface area (TPSA) is 69.1 Å². The number of amides is 1. The van der Waals surface area contributed by atoms with Gasteiger partial charge in [-0.15, -0.1) is 0 Å². The van der Waals surface area contributed by atoms with Gasteiger partial charge in [-0.3, -0.25) is 4.79 Å². The minimum atomic E-state index is -0.228. The molecule has 3 heteroatoms. The van der Waals surface area contributed by atoms with Crippen LogP contribution in [0.1, 0.15) is 39.5 Å². The third kappa shape index (κ3) is 5.64. The molecule has 13 heavy (non-hydrogen) atoms. The Morgan fingerprint density at radius 1 is 1.46 bits per heavy atom. The summed E-state index contributed by atoms with van der Waals surface area (Å²) >= 11 is 0. The van der Waals surface area contributed by atoms with E-state index in [4.69, 9.17) is 11.5 Å². The molecule has 0 aromatic rings. The van der Waals surface area contributed by atoms with Crippen LogP contribution in [-0.4, -0.2) is 12.5 Å². The summed E-state index contributed by atoms with van der Waals surface area (Å²) in [5.41, 5.74) is 10.5. The first-order valence-corrected chi connectivity index (χ1v) is 4.83. The molecular weight excluding hydrogens is 164 g/mol. The maximum absolute atomic E-state index is 10.8. The van der Waals surface area contributed by atoms with E-state index in [1.54, 1.807) is 0 Å². The summed E-state index contributed by atoms with van der Waals surface area (Å²) in [5, 5.41) is 0. The van der Waals surface area contributed by atoms with Gasteiger partial charge in [-0.2, -0.15) is 0 Å². The van der Waals surface area contributed by atoms with Crippen molar-refractivity contribution in [1.82, 2.24) is 0 Å². The van der Waals surface area contributed by atoms with Gasteiger partial charge in [-0.05, 0) is 31.2 Å². The molecule has 0 saturated carbocycles. The van der Waals surface area contributed by atoms with E-state index in [0.29, 0.717) is 6.42 Å². The molecule has 1 radical (unpaired) electrons. The molecule has 0 aliphatic heterocycles. The number of carbonyl (C=O) groups excluding carboxylic acids is 1. The number of hydrogen-bond donors (Lipinski definition) is 2. The second-order valence-corrected chi connectivity index (χ2v) is 3.83. The monoisotopic (exact) mass is 185 g/mol. The lowest BCUT2D eigenvalue weighted by Crippen LogP contribution is -2.25. The molecule has 0 bridgehead atoms. The number of unbranched alkanes of at least 4 members (excludes halogenated alkanes) is 1. The SMILES string of the molecule is C[CH]C(C)(CCCCN)CC(N)=O. The Kier molecular flexibility index (Phi) is 5.71. The molecule has 0 heterocycles. The van der Waals surface area contributed by atoms with Crippen LogP contribution in [0.2, 0.25) is 0 Å². The second-order valence-electron chi connectivity index (χ2n) is 3.83. The number of carbonyl (C=O) groups is 1. The minimum Gasteiger partial charge on any atom is -0.370 e. The molecule has 1 amide bonds. The van der Waals surface area contributed by atoms with Crippen LogP contribution in [0.25, 0.3) is 0 Å². The summed E-state index contributed by atoms with van der Waals surface area (Å²) in [4.78, 5) is 10.8. The third-order valence-corrected chi connectivity index (χ3v) is 2.48. The molecular formula is C10H21N2O. The molecule has 3 nitrogen and oxygen atoms in total. The Labute approximate surface area is 80.9 Å². The fourth-order valence-corrected chi connectivity index (χ4v) is 1.41. The number of rotatable bonds is 7. The van der Waals surface area contributed by atoms with Gasteiger partial charge in [0.25, 0.3) is 0 Å². The van der Waals surface area contributed by atoms with Gasteiger partial charge in [-0.1, -0.05) is 20.3 Å². The molecule has 4 N–H and O–H groups in total. The lowest BCUT2D eigenvalue weighted by molar-refractivity contribution is -0.119. The second kappa shape index (κ2) is 5.97. The summed E-state index contributed by atoms with van der Waals surface area (Å²) in [6.45, 7) is 4.76. The van der Waals surface area contributed by atoms with Gasteiger partial charge in [-0.25, -0.2) is 0 Å². The Morgan fingerprint density at radius 3 is 2.46 bits per heavy atom. The summed E-state index contributed by atoms with van der Waals surface area (Å²) < 4.78 is 0. The number of hydrogen-bond acceptors (Lipinski definition) is 2. The van der Waals surface area contributed by atoms with Gasteiger partial charge >= 0.3 is 0 Å². The van der Waals surface area contributed by atoms with E-state index in [0.717, 1.165) is 25.8 Å². The molecule has 0 fully saturated rings. The Morgan fingerprint density at radius 2 is 2.08 bits per heavy atom. The largest absolute Gasteiger partial charge is 0.370 e. The van der Waals surface area contributed by atoms with Crippen LogP contribution in [0.3, 0.4) is 0 Å². The van der Waals surface area contributed by atoms with E-state index in [9.17, 15) is 4.79 Å². The fourth-order valence-electron chi connectivity index (χ4n) is 1.41.